The van der Waals surface area contributed by atoms with Gasteiger partial charge in [-0.3, -0.25) is 22.7 Å². The molecule has 10 rings (SSSR count). The Kier molecular flexibility index (Phi) is 24.0. The largest absolute Gasteiger partial charge is 0.493 e. The summed E-state index contributed by atoms with van der Waals surface area (Å²) in [4.78, 5) is 113. The number of carbonyl (C=O) groups is 8. The smallest absolute Gasteiger partial charge is 0.416 e. The number of aliphatic hydroxyl groups excluding tert-OH is 8. The van der Waals surface area contributed by atoms with E-state index in [4.69, 9.17) is 52.1 Å². The van der Waals surface area contributed by atoms with Gasteiger partial charge in [0.25, 0.3) is 23.6 Å². The maximum atomic E-state index is 14.5. The highest BCUT2D eigenvalue weighted by atomic mass is 127. The normalized spacial score (nSPS) is 25.9. The highest BCUT2D eigenvalue weighted by Gasteiger charge is 2.52. The number of fused-ring (bicyclic) bond motifs is 4. The highest BCUT2D eigenvalue weighted by molar-refractivity contribution is 14.1. The molecule has 102 heavy (non-hydrogen) atoms. The van der Waals surface area contributed by atoms with E-state index in [1.54, 1.807) is 22.9 Å². The highest BCUT2D eigenvalue weighted by Crippen LogP contribution is 2.45. The lowest BCUT2D eigenvalue weighted by Gasteiger charge is -2.38. The van der Waals surface area contributed by atoms with Crippen molar-refractivity contribution >= 4 is 82.0 Å². The maximum absolute atomic E-state index is 14.5. The average Bonchev–Trinajstić information content (AvgIpc) is 1.59. The number of amides is 6. The van der Waals surface area contributed by atoms with Crippen molar-refractivity contribution in [2.75, 3.05) is 70.6 Å². The topological polar surface area (TPSA) is 477 Å². The molecule has 6 aliphatic rings. The van der Waals surface area contributed by atoms with Gasteiger partial charge >= 0.3 is 24.1 Å². The first kappa shape index (κ1) is 75.5. The van der Waals surface area contributed by atoms with Crippen molar-refractivity contribution in [3.05, 3.63) is 118 Å². The molecular formula is C66H75IN6O29. The molecule has 6 heterocycles. The first-order chi connectivity index (χ1) is 48.7. The Labute approximate surface area is 594 Å². The minimum Gasteiger partial charge on any atom is -0.493 e. The van der Waals surface area contributed by atoms with E-state index in [1.165, 1.54) is 91.8 Å². The first-order valence-corrected chi connectivity index (χ1v) is 32.8. The number of nitrogens with zero attached hydrogens (tertiary/aromatic N) is 4. The van der Waals surface area contributed by atoms with Crippen LogP contribution in [0.1, 0.15) is 84.7 Å². The summed E-state index contributed by atoms with van der Waals surface area (Å²) in [5, 5.41) is 108. The Morgan fingerprint density at radius 2 is 0.961 bits per heavy atom. The summed E-state index contributed by atoms with van der Waals surface area (Å²) in [5.74, 6) is -6.25. The molecule has 0 spiro atoms. The molecule has 4 aromatic rings. The first-order valence-electron chi connectivity index (χ1n) is 31.8. The molecular weight excluding hydrogens is 1470 g/mol. The van der Waals surface area contributed by atoms with Crippen molar-refractivity contribution < 1.29 is 142 Å². The molecule has 0 aromatic heterocycles. The van der Waals surface area contributed by atoms with E-state index in [0.717, 1.165) is 9.80 Å². The van der Waals surface area contributed by atoms with Crippen molar-refractivity contribution in [2.45, 2.75) is 131 Å². The SMILES string of the molecule is C=C1CC2C(O)N(C(=O)OCc3ccc(O[C@@H]4O[C@H](C(=O)O)[C@@H](O)[C@H](O)[C@H]4O)c(C(=O)NCCOC)c3)c3cc(OCCCCCOc4cc5c(cc4OC)C(=O)N4CC(=C)C[C@H]4C(O)N5C(=O)OCc4ccc(O[C@@H]5O[C@H](C(=O)O)[C@@H](O)[C@H](O)[C@H]5O)c(C(=O)NI)c4)c(OC)cc3C(=O)N2C1. The van der Waals surface area contributed by atoms with Gasteiger partial charge in [-0.05, 0) is 79.6 Å². The lowest BCUT2D eigenvalue weighted by atomic mass is 9.99. The number of rotatable bonds is 25. The fraction of sp³-hybridized carbons (Fsp3) is 0.455. The van der Waals surface area contributed by atoms with Crippen LogP contribution >= 0.6 is 22.9 Å². The number of carbonyl (C=O) groups excluding carboxylic acids is 6. The van der Waals surface area contributed by atoms with Crippen LogP contribution in [0.3, 0.4) is 0 Å². The number of aliphatic carboxylic acids is 2. The molecule has 6 amide bonds. The van der Waals surface area contributed by atoms with Crippen LogP contribution < -0.4 is 47.1 Å². The van der Waals surface area contributed by atoms with Crippen molar-refractivity contribution in [2.24, 2.45) is 0 Å². The van der Waals surface area contributed by atoms with E-state index in [-0.39, 0.29) is 132 Å². The lowest BCUT2D eigenvalue weighted by molar-refractivity contribution is -0.271. The van der Waals surface area contributed by atoms with Gasteiger partial charge in [-0.25, -0.2) is 29.0 Å². The summed E-state index contributed by atoms with van der Waals surface area (Å²) in [6.45, 7) is 7.17. The van der Waals surface area contributed by atoms with Crippen LogP contribution in [0.4, 0.5) is 21.0 Å². The minimum atomic E-state index is -2.03. The fourth-order valence-corrected chi connectivity index (χ4v) is 12.7. The van der Waals surface area contributed by atoms with Crippen LogP contribution in [0.15, 0.2) is 85.0 Å². The van der Waals surface area contributed by atoms with Gasteiger partial charge in [-0.15, -0.1) is 0 Å². The zero-order chi connectivity index (χ0) is 73.7. The molecule has 4 saturated heterocycles. The molecule has 0 aliphatic carbocycles. The van der Waals surface area contributed by atoms with E-state index in [0.29, 0.717) is 30.4 Å². The number of hydrogen-bond acceptors (Lipinski definition) is 27. The summed E-state index contributed by atoms with van der Waals surface area (Å²) < 4.78 is 64.7. The van der Waals surface area contributed by atoms with Gasteiger partial charge in [-0.1, -0.05) is 36.4 Å². The summed E-state index contributed by atoms with van der Waals surface area (Å²) in [6, 6.07) is 11.1. The second kappa shape index (κ2) is 32.4. The van der Waals surface area contributed by atoms with E-state index in [9.17, 15) is 89.4 Å². The molecule has 6 aliphatic heterocycles. The van der Waals surface area contributed by atoms with Crippen LogP contribution in [0.25, 0.3) is 0 Å². The van der Waals surface area contributed by atoms with Crippen LogP contribution in [0.5, 0.6) is 34.5 Å². The molecule has 14 atom stereocenters. The Hall–Kier alpha value is -9.19. The zero-order valence-electron chi connectivity index (χ0n) is 54.9. The number of halogens is 1. The van der Waals surface area contributed by atoms with Crippen LogP contribution in [0.2, 0.25) is 0 Å². The monoisotopic (exact) mass is 1540 g/mol. The van der Waals surface area contributed by atoms with E-state index < -0.39 is 147 Å². The van der Waals surface area contributed by atoms with Crippen molar-refractivity contribution in [3.63, 3.8) is 0 Å². The van der Waals surface area contributed by atoms with Crippen LogP contribution in [-0.2, 0) is 46.5 Å². The summed E-state index contributed by atoms with van der Waals surface area (Å²) >= 11 is 1.54. The van der Waals surface area contributed by atoms with Crippen LogP contribution in [0, 0.1) is 0 Å². The van der Waals surface area contributed by atoms with Gasteiger partial charge < -0.3 is 118 Å². The third-order valence-electron chi connectivity index (χ3n) is 17.7. The van der Waals surface area contributed by atoms with Crippen LogP contribution in [-0.4, -0.2) is 255 Å². The molecule has 12 N–H and O–H groups in total. The third kappa shape index (κ3) is 15.7. The number of hydrogen-bond donors (Lipinski definition) is 12. The quantitative estimate of drug-likeness (QED) is 0.0189. The van der Waals surface area contributed by atoms with Gasteiger partial charge in [0.2, 0.25) is 12.6 Å². The third-order valence-corrected chi connectivity index (χ3v) is 18.1. The van der Waals surface area contributed by atoms with Crippen molar-refractivity contribution in [3.8, 4) is 34.5 Å². The number of ether oxygens (including phenoxy) is 11. The molecule has 0 radical (unpaired) electrons. The Bertz CT molecular complexity index is 3900. The number of carboxylic acids is 2. The number of nitrogens with one attached hydrogen (secondary N) is 2. The summed E-state index contributed by atoms with van der Waals surface area (Å²) in [7, 11) is 4.08. The molecule has 550 valence electrons. The average molecular weight is 1540 g/mol. The van der Waals surface area contributed by atoms with Gasteiger partial charge in [0, 0.05) is 38.9 Å². The van der Waals surface area contributed by atoms with Gasteiger partial charge in [-0.2, -0.15) is 0 Å². The number of benzene rings is 4. The number of aliphatic hydroxyl groups is 8. The van der Waals surface area contributed by atoms with Gasteiger partial charge in [0.05, 0.1) is 103 Å². The van der Waals surface area contributed by atoms with E-state index in [1.807, 2.05) is 0 Å². The van der Waals surface area contributed by atoms with Crippen molar-refractivity contribution in [1.82, 2.24) is 18.6 Å². The molecule has 36 heteroatoms. The van der Waals surface area contributed by atoms with E-state index >= 15 is 0 Å². The minimum absolute atomic E-state index is 0.00526. The lowest BCUT2D eigenvalue weighted by Crippen LogP contribution is -2.61. The predicted octanol–water partition coefficient (Wildman–Crippen LogP) is 0.822. The second-order valence-electron chi connectivity index (χ2n) is 24.4. The van der Waals surface area contributed by atoms with Crippen molar-refractivity contribution in [1.29, 1.82) is 0 Å². The van der Waals surface area contributed by atoms with Gasteiger partial charge in [0.1, 0.15) is 61.3 Å². The predicted molar refractivity (Wildman–Crippen MR) is 354 cm³/mol. The van der Waals surface area contributed by atoms with E-state index in [2.05, 4.69) is 22.0 Å². The maximum Gasteiger partial charge on any atom is 0.416 e. The number of carboxylic acid groups (broad SMARTS) is 2. The number of anilines is 2. The van der Waals surface area contributed by atoms with Gasteiger partial charge in [0.15, 0.2) is 47.7 Å². The zero-order valence-corrected chi connectivity index (χ0v) is 57.0. The summed E-state index contributed by atoms with van der Waals surface area (Å²) in [6.07, 6.45) is -24.1. The summed E-state index contributed by atoms with van der Waals surface area (Å²) in [5.41, 5.74) is 0.730. The standard InChI is InChI=1S/C66H75IN6O29/c1-29-17-39-59(84)72(65(90)97-27-31-9-11-41(35(19-31)55(80)68-13-16-92-3)99-63-51(78)47(74)49(76)53(101-63)61(86)87)37-23-45(43(93-4)21-33(37)57(82)70(39)25-29)95-14-7-6-8-15-96-46-24-38-34(22-44(46)94-5)58(83)71-26-30(2)18-40(71)60(85)73(38)66(91)98-28-32-10-12-42(36(20-32)56(81)69-67)100-64-52(79)48(75)50(77)54(102-64)62(88)89/h9-12,19-24,39-40,47-54,59-60,63-64,74-79,84-85H,1-2,6-8,13-18,25-28H2,3-5H3,(H,68,80)(H,69,81)(H,86,87)(H,88,89)/t39?,40-,47-,48-,49-,50-,51+,52+,53-,54-,59?,60?,63+,64+/m0/s1. The number of unbranched alkanes of at least 4 members (excludes halogenated alkanes) is 2. The second-order valence-corrected chi connectivity index (χ2v) is 25.0. The Balaban J connectivity index is 0.818. The molecule has 0 saturated carbocycles. The number of methoxy groups -OCH3 is 3. The Morgan fingerprint density at radius 3 is 1.35 bits per heavy atom. The molecule has 0 bridgehead atoms. The molecule has 3 unspecified atom stereocenters. The molecule has 35 nitrogen and oxygen atoms in total. The fourth-order valence-electron chi connectivity index (χ4n) is 12.4. The molecule has 4 aromatic carbocycles. The molecule has 4 fully saturated rings. The Morgan fingerprint density at radius 1 is 0.539 bits per heavy atom.